The first-order valence-corrected chi connectivity index (χ1v) is 7.33. The van der Waals surface area contributed by atoms with E-state index in [9.17, 15) is 0 Å². The van der Waals surface area contributed by atoms with Crippen molar-refractivity contribution in [2.24, 2.45) is 0 Å². The third kappa shape index (κ3) is 4.26. The van der Waals surface area contributed by atoms with Gasteiger partial charge in [0.25, 0.3) is 0 Å². The number of aliphatic hydroxyl groups excluding tert-OH is 1. The summed E-state index contributed by atoms with van der Waals surface area (Å²) in [5, 5.41) is 8.77. The molecule has 1 heterocycles. The Bertz CT molecular complexity index is 475. The number of piperidine rings is 1. The zero-order valence-electron chi connectivity index (χ0n) is 12.1. The first-order valence-electron chi connectivity index (χ1n) is 7.33. The molecule has 3 nitrogen and oxygen atoms in total. The Kier molecular flexibility index (Phi) is 5.91. The Balaban J connectivity index is 1.87. The molecule has 1 unspecified atom stereocenters. The van der Waals surface area contributed by atoms with Gasteiger partial charge in [0.15, 0.2) is 0 Å². The van der Waals surface area contributed by atoms with E-state index in [1.807, 2.05) is 24.3 Å². The second-order valence-corrected chi connectivity index (χ2v) is 5.22. The van der Waals surface area contributed by atoms with Gasteiger partial charge in [0.1, 0.15) is 12.4 Å². The zero-order chi connectivity index (χ0) is 14.2. The van der Waals surface area contributed by atoms with E-state index in [2.05, 4.69) is 23.8 Å². The van der Waals surface area contributed by atoms with Crippen LogP contribution in [0.15, 0.2) is 24.3 Å². The number of rotatable bonds is 4. The number of benzene rings is 1. The lowest BCUT2D eigenvalue weighted by atomic mass is 10.0. The second-order valence-electron chi connectivity index (χ2n) is 5.22. The molecule has 1 aromatic carbocycles. The SMILES string of the molecule is CN1CCCCC1CCOc1ccccc1C#CCO. The topological polar surface area (TPSA) is 32.7 Å². The molecule has 1 aliphatic heterocycles. The Morgan fingerprint density at radius 2 is 2.20 bits per heavy atom. The minimum absolute atomic E-state index is 0.124. The molecule has 0 radical (unpaired) electrons. The molecule has 1 saturated heterocycles. The lowest BCUT2D eigenvalue weighted by Crippen LogP contribution is -2.37. The van der Waals surface area contributed by atoms with Gasteiger partial charge in [0.2, 0.25) is 0 Å². The molecule has 1 aliphatic rings. The fourth-order valence-electron chi connectivity index (χ4n) is 2.64. The van der Waals surface area contributed by atoms with Crippen LogP contribution in [0.5, 0.6) is 5.75 Å². The summed E-state index contributed by atoms with van der Waals surface area (Å²) in [4.78, 5) is 2.43. The molecule has 1 fully saturated rings. The minimum Gasteiger partial charge on any atom is -0.492 e. The number of hydrogen-bond acceptors (Lipinski definition) is 3. The van der Waals surface area contributed by atoms with Gasteiger partial charge in [-0.1, -0.05) is 30.4 Å². The summed E-state index contributed by atoms with van der Waals surface area (Å²) in [6, 6.07) is 8.38. The average Bonchev–Trinajstić information content (AvgIpc) is 2.48. The van der Waals surface area contributed by atoms with Crippen LogP contribution in [-0.4, -0.2) is 42.9 Å². The van der Waals surface area contributed by atoms with E-state index in [-0.39, 0.29) is 6.61 Å². The van der Waals surface area contributed by atoms with Gasteiger partial charge in [-0.3, -0.25) is 0 Å². The molecule has 0 spiro atoms. The smallest absolute Gasteiger partial charge is 0.134 e. The van der Waals surface area contributed by atoms with Crippen LogP contribution in [-0.2, 0) is 0 Å². The lowest BCUT2D eigenvalue weighted by Gasteiger charge is -2.32. The van der Waals surface area contributed by atoms with Crippen LogP contribution in [0.2, 0.25) is 0 Å². The van der Waals surface area contributed by atoms with Crippen LogP contribution in [0.4, 0.5) is 0 Å². The van der Waals surface area contributed by atoms with E-state index in [0.717, 1.165) is 17.7 Å². The maximum absolute atomic E-state index is 8.77. The quantitative estimate of drug-likeness (QED) is 0.854. The molecule has 0 bridgehead atoms. The monoisotopic (exact) mass is 273 g/mol. The number of hydrogen-bond donors (Lipinski definition) is 1. The summed E-state index contributed by atoms with van der Waals surface area (Å²) >= 11 is 0. The molecule has 3 heteroatoms. The van der Waals surface area contributed by atoms with E-state index in [1.165, 1.54) is 25.8 Å². The van der Waals surface area contributed by atoms with Crippen LogP contribution in [0.25, 0.3) is 0 Å². The Labute approximate surface area is 121 Å². The number of nitrogens with zero attached hydrogens (tertiary/aromatic N) is 1. The number of aliphatic hydroxyl groups is 1. The molecular formula is C17H23NO2. The summed E-state index contributed by atoms with van der Waals surface area (Å²) < 4.78 is 5.87. The van der Waals surface area contributed by atoms with Crippen molar-refractivity contribution in [3.05, 3.63) is 29.8 Å². The zero-order valence-corrected chi connectivity index (χ0v) is 12.1. The van der Waals surface area contributed by atoms with Crippen molar-refractivity contribution in [3.63, 3.8) is 0 Å². The highest BCUT2D eigenvalue weighted by Crippen LogP contribution is 2.20. The molecule has 1 atom stereocenters. The van der Waals surface area contributed by atoms with E-state index >= 15 is 0 Å². The molecule has 1 N–H and O–H groups in total. The Morgan fingerprint density at radius 3 is 3.00 bits per heavy atom. The van der Waals surface area contributed by atoms with Crippen molar-refractivity contribution >= 4 is 0 Å². The lowest BCUT2D eigenvalue weighted by molar-refractivity contribution is 0.153. The molecule has 1 aromatic rings. The van der Waals surface area contributed by atoms with Crippen LogP contribution < -0.4 is 4.74 Å². The van der Waals surface area contributed by atoms with Crippen LogP contribution >= 0.6 is 0 Å². The Morgan fingerprint density at radius 1 is 1.35 bits per heavy atom. The van der Waals surface area contributed by atoms with Gasteiger partial charge < -0.3 is 14.7 Å². The van der Waals surface area contributed by atoms with E-state index in [1.54, 1.807) is 0 Å². The van der Waals surface area contributed by atoms with Gasteiger partial charge in [0.05, 0.1) is 12.2 Å². The molecule has 0 aromatic heterocycles. The standard InChI is InChI=1S/C17H23NO2/c1-18-12-5-4-9-16(18)11-14-20-17-10-3-2-7-15(17)8-6-13-19/h2-3,7,10,16,19H,4-5,9,11-14H2,1H3. The number of para-hydroxylation sites is 1. The van der Waals surface area contributed by atoms with E-state index in [0.29, 0.717) is 12.6 Å². The minimum atomic E-state index is -0.124. The summed E-state index contributed by atoms with van der Waals surface area (Å²) in [5.74, 6) is 6.41. The normalized spacial score (nSPS) is 19.2. The van der Waals surface area contributed by atoms with Gasteiger partial charge in [0, 0.05) is 6.04 Å². The fourth-order valence-corrected chi connectivity index (χ4v) is 2.64. The largest absolute Gasteiger partial charge is 0.492 e. The van der Waals surface area contributed by atoms with Gasteiger partial charge in [-0.15, -0.1) is 0 Å². The summed E-state index contributed by atoms with van der Waals surface area (Å²) in [7, 11) is 2.20. The fraction of sp³-hybridized carbons (Fsp3) is 0.529. The average molecular weight is 273 g/mol. The molecule has 108 valence electrons. The van der Waals surface area contributed by atoms with E-state index in [4.69, 9.17) is 9.84 Å². The predicted molar refractivity (Wildman–Crippen MR) is 80.8 cm³/mol. The Hall–Kier alpha value is -1.50. The summed E-state index contributed by atoms with van der Waals surface area (Å²) in [6.45, 7) is 1.79. The maximum Gasteiger partial charge on any atom is 0.134 e. The van der Waals surface area contributed by atoms with Crippen molar-refractivity contribution in [2.45, 2.75) is 31.7 Å². The molecule has 0 saturated carbocycles. The van der Waals surface area contributed by atoms with E-state index < -0.39 is 0 Å². The van der Waals surface area contributed by atoms with Crippen molar-refractivity contribution < 1.29 is 9.84 Å². The predicted octanol–water partition coefficient (Wildman–Crippen LogP) is 2.28. The van der Waals surface area contributed by atoms with Crippen LogP contribution in [0.3, 0.4) is 0 Å². The van der Waals surface area contributed by atoms with Crippen molar-refractivity contribution in [2.75, 3.05) is 26.8 Å². The van der Waals surface area contributed by atoms with Crippen LogP contribution in [0, 0.1) is 11.8 Å². The van der Waals surface area contributed by atoms with Crippen LogP contribution in [0.1, 0.15) is 31.2 Å². The van der Waals surface area contributed by atoms with Crippen molar-refractivity contribution in [1.82, 2.24) is 4.90 Å². The summed E-state index contributed by atoms with van der Waals surface area (Å²) in [5.41, 5.74) is 0.846. The molecule has 0 amide bonds. The third-order valence-corrected chi connectivity index (χ3v) is 3.82. The van der Waals surface area contributed by atoms with Gasteiger partial charge in [-0.2, -0.15) is 0 Å². The highest BCUT2D eigenvalue weighted by Gasteiger charge is 2.18. The molecule has 0 aliphatic carbocycles. The molecule has 20 heavy (non-hydrogen) atoms. The van der Waals surface area contributed by atoms with Crippen molar-refractivity contribution in [1.29, 1.82) is 0 Å². The number of likely N-dealkylation sites (tertiary alicyclic amines) is 1. The maximum atomic E-state index is 8.77. The van der Waals surface area contributed by atoms with Crippen molar-refractivity contribution in [3.8, 4) is 17.6 Å². The van der Waals surface area contributed by atoms with Gasteiger partial charge in [-0.05, 0) is 45.0 Å². The first kappa shape index (κ1) is 14.9. The molecule has 2 rings (SSSR count). The first-order chi connectivity index (χ1) is 9.81. The third-order valence-electron chi connectivity index (χ3n) is 3.82. The second kappa shape index (κ2) is 7.94. The highest BCUT2D eigenvalue weighted by molar-refractivity contribution is 5.45. The highest BCUT2D eigenvalue weighted by atomic mass is 16.5. The van der Waals surface area contributed by atoms with Gasteiger partial charge >= 0.3 is 0 Å². The van der Waals surface area contributed by atoms with Gasteiger partial charge in [-0.25, -0.2) is 0 Å². The molecular weight excluding hydrogens is 250 g/mol. The summed E-state index contributed by atoms with van der Waals surface area (Å²) in [6.07, 6.45) is 4.96. The number of ether oxygens (including phenoxy) is 1.